The van der Waals surface area contributed by atoms with Crippen molar-refractivity contribution in [3.8, 4) is 17.2 Å². The van der Waals surface area contributed by atoms with Crippen molar-refractivity contribution < 1.29 is 33.8 Å². The van der Waals surface area contributed by atoms with Gasteiger partial charge in [-0.15, -0.1) is 0 Å². The number of hydrogen-bond donors (Lipinski definition) is 2. The van der Waals surface area contributed by atoms with Gasteiger partial charge in [0.05, 0.1) is 58.8 Å². The molecule has 2 heterocycles. The van der Waals surface area contributed by atoms with Gasteiger partial charge in [-0.2, -0.15) is 5.01 Å². The summed E-state index contributed by atoms with van der Waals surface area (Å²) >= 11 is 19.4. The standard InChI is InChI=1S/C42H36Cl3N3O7/c1-4-21-5-10-25(11-6-21)47-38(50)28-15-14-27-29(35(28)40(47)52)20-30-39(51)48(46-33-16-9-24(43)19-31(33)44)41(53)42(30,23-7-12-26(54-2)13-8-23)36(27)22-17-32(45)37(49)34(18-22)55-3/h5-14,16-19,28-30,35-36,46,49H,4,15,20H2,1-3H3/t28-,29+,30-,35-,36-,42+/m0/s1. The van der Waals surface area contributed by atoms with E-state index in [1.54, 1.807) is 60.7 Å². The topological polar surface area (TPSA) is 125 Å². The van der Waals surface area contributed by atoms with E-state index in [0.717, 1.165) is 17.0 Å². The zero-order valence-electron chi connectivity index (χ0n) is 30.0. The zero-order valence-corrected chi connectivity index (χ0v) is 32.3. The lowest BCUT2D eigenvalue weighted by Crippen LogP contribution is -2.53. The highest BCUT2D eigenvalue weighted by Gasteiger charge is 2.70. The quantitative estimate of drug-likeness (QED) is 0.135. The summed E-state index contributed by atoms with van der Waals surface area (Å²) in [5, 5.41) is 12.4. The zero-order chi connectivity index (χ0) is 38.9. The number of carbonyl (C=O) groups excluding carboxylic acids is 4. The molecule has 3 fully saturated rings. The highest BCUT2D eigenvalue weighted by molar-refractivity contribution is 6.36. The summed E-state index contributed by atoms with van der Waals surface area (Å²) in [4.78, 5) is 60.5. The molecule has 0 aromatic heterocycles. The van der Waals surface area contributed by atoms with Crippen molar-refractivity contribution >= 4 is 69.8 Å². The molecule has 0 bridgehead atoms. The summed E-state index contributed by atoms with van der Waals surface area (Å²) in [6.45, 7) is 2.03. The highest BCUT2D eigenvalue weighted by atomic mass is 35.5. The van der Waals surface area contributed by atoms with E-state index in [2.05, 4.69) is 5.43 Å². The molecule has 13 heteroatoms. The van der Waals surface area contributed by atoms with Crippen LogP contribution in [0.5, 0.6) is 17.2 Å². The van der Waals surface area contributed by atoms with Gasteiger partial charge >= 0.3 is 0 Å². The number of methoxy groups -OCH3 is 2. The lowest BCUT2D eigenvalue weighted by molar-refractivity contribution is -0.138. The second-order valence-electron chi connectivity index (χ2n) is 14.3. The number of fused-ring (bicyclic) bond motifs is 4. The number of allylic oxidation sites excluding steroid dienone is 2. The third kappa shape index (κ3) is 5.59. The molecule has 4 aromatic carbocycles. The van der Waals surface area contributed by atoms with Gasteiger partial charge in [-0.05, 0) is 96.5 Å². The Morgan fingerprint density at radius 1 is 0.836 bits per heavy atom. The minimum absolute atomic E-state index is 0.0271. The Hall–Kier alpha value is -5.03. The molecule has 1 saturated carbocycles. The van der Waals surface area contributed by atoms with Gasteiger partial charge in [-0.3, -0.25) is 29.5 Å². The van der Waals surface area contributed by atoms with Crippen LogP contribution in [0.2, 0.25) is 15.1 Å². The summed E-state index contributed by atoms with van der Waals surface area (Å²) in [7, 11) is 2.92. The second-order valence-corrected chi connectivity index (χ2v) is 15.5. The molecule has 282 valence electrons. The second kappa shape index (κ2) is 13.9. The van der Waals surface area contributed by atoms with E-state index in [1.807, 2.05) is 25.1 Å². The maximum Gasteiger partial charge on any atom is 0.260 e. The molecule has 2 N–H and O–H groups in total. The first-order valence-corrected chi connectivity index (χ1v) is 19.1. The molecular formula is C42H36Cl3N3O7. The Balaban J connectivity index is 1.34. The Kier molecular flexibility index (Phi) is 9.35. The van der Waals surface area contributed by atoms with Crippen LogP contribution < -0.4 is 19.8 Å². The molecule has 0 spiro atoms. The number of benzene rings is 4. The lowest BCUT2D eigenvalue weighted by Gasteiger charge is -2.50. The van der Waals surface area contributed by atoms with E-state index in [1.165, 1.54) is 25.2 Å². The minimum atomic E-state index is -1.61. The number of nitrogens with zero attached hydrogens (tertiary/aromatic N) is 2. The summed E-state index contributed by atoms with van der Waals surface area (Å²) in [5.74, 6) is -5.51. The lowest BCUT2D eigenvalue weighted by atomic mass is 9.49. The van der Waals surface area contributed by atoms with Gasteiger partial charge in [0.15, 0.2) is 11.5 Å². The first kappa shape index (κ1) is 36.9. The Labute approximate surface area is 332 Å². The van der Waals surface area contributed by atoms with Crippen LogP contribution in [0.1, 0.15) is 42.4 Å². The van der Waals surface area contributed by atoms with Crippen molar-refractivity contribution in [2.75, 3.05) is 24.5 Å². The predicted molar refractivity (Wildman–Crippen MR) is 209 cm³/mol. The van der Waals surface area contributed by atoms with Crippen LogP contribution in [-0.4, -0.2) is 48.0 Å². The Morgan fingerprint density at radius 2 is 1.56 bits per heavy atom. The van der Waals surface area contributed by atoms with Gasteiger partial charge in [0.25, 0.3) is 11.8 Å². The van der Waals surface area contributed by atoms with Crippen LogP contribution in [0.4, 0.5) is 11.4 Å². The molecule has 2 aliphatic carbocycles. The van der Waals surface area contributed by atoms with Crippen LogP contribution in [0.25, 0.3) is 0 Å². The number of nitrogens with one attached hydrogen (secondary N) is 1. The fourth-order valence-corrected chi connectivity index (χ4v) is 9.94. The monoisotopic (exact) mass is 799 g/mol. The first-order valence-electron chi connectivity index (χ1n) is 17.9. The smallest absolute Gasteiger partial charge is 0.260 e. The van der Waals surface area contributed by atoms with Gasteiger partial charge in [-0.25, -0.2) is 0 Å². The van der Waals surface area contributed by atoms with E-state index >= 15 is 4.79 Å². The minimum Gasteiger partial charge on any atom is -0.503 e. The molecule has 8 rings (SSSR count). The molecule has 4 aromatic rings. The largest absolute Gasteiger partial charge is 0.503 e. The number of anilines is 2. The molecule has 10 nitrogen and oxygen atoms in total. The van der Waals surface area contributed by atoms with E-state index in [-0.39, 0.29) is 51.9 Å². The molecule has 2 aliphatic heterocycles. The maximum absolute atomic E-state index is 15.5. The molecule has 6 atom stereocenters. The number of ether oxygens (including phenoxy) is 2. The summed E-state index contributed by atoms with van der Waals surface area (Å²) in [6, 6.07) is 22.2. The predicted octanol–water partition coefficient (Wildman–Crippen LogP) is 8.12. The number of rotatable bonds is 8. The normalized spacial score (nSPS) is 25.7. The SMILES string of the molecule is CCc1ccc(N2C(=O)[C@H]3[C@H](CC=C4[C@H]3C[C@H]3C(=O)N(Nc5ccc(Cl)cc5Cl)C(=O)[C@@]3(c3ccc(OC)cc3)[C@H]4c3cc(Cl)c(O)c(OC)c3)C2=O)cc1. The van der Waals surface area contributed by atoms with E-state index in [4.69, 9.17) is 44.3 Å². The summed E-state index contributed by atoms with van der Waals surface area (Å²) in [6.07, 6.45) is 3.07. The number of phenolic OH excluding ortho intramolecular Hbond substituents is 1. The fraction of sp³-hybridized carbons (Fsp3) is 0.286. The number of halogens is 3. The van der Waals surface area contributed by atoms with Gasteiger partial charge in [0.1, 0.15) is 5.75 Å². The van der Waals surface area contributed by atoms with Crippen LogP contribution >= 0.6 is 34.8 Å². The highest BCUT2D eigenvalue weighted by Crippen LogP contribution is 2.65. The van der Waals surface area contributed by atoms with Crippen LogP contribution in [0, 0.1) is 23.7 Å². The first-order chi connectivity index (χ1) is 26.4. The molecule has 0 radical (unpaired) electrons. The Bertz CT molecular complexity index is 2300. The van der Waals surface area contributed by atoms with E-state index in [0.29, 0.717) is 33.2 Å². The van der Waals surface area contributed by atoms with Crippen molar-refractivity contribution in [2.45, 2.75) is 37.5 Å². The average Bonchev–Trinajstić information content (AvgIpc) is 3.57. The average molecular weight is 801 g/mol. The number of hydrogen-bond acceptors (Lipinski definition) is 8. The number of phenols is 1. The number of amides is 4. The number of imide groups is 2. The van der Waals surface area contributed by atoms with Gasteiger partial charge in [-0.1, -0.05) is 77.6 Å². The van der Waals surface area contributed by atoms with E-state index in [9.17, 15) is 19.5 Å². The summed E-state index contributed by atoms with van der Waals surface area (Å²) in [5.41, 5.74) is 4.92. The van der Waals surface area contributed by atoms with Gasteiger partial charge in [0, 0.05) is 10.9 Å². The van der Waals surface area contributed by atoms with E-state index < -0.39 is 46.8 Å². The van der Waals surface area contributed by atoms with Gasteiger partial charge in [0.2, 0.25) is 11.8 Å². The molecule has 4 aliphatic rings. The van der Waals surface area contributed by atoms with Crippen molar-refractivity contribution in [3.63, 3.8) is 0 Å². The number of hydrazine groups is 1. The molecule has 0 unspecified atom stereocenters. The fourth-order valence-electron chi connectivity index (χ4n) is 9.27. The van der Waals surface area contributed by atoms with Crippen LogP contribution in [0.15, 0.2) is 90.5 Å². The number of aryl methyl sites for hydroxylation is 1. The van der Waals surface area contributed by atoms with Crippen molar-refractivity contribution in [3.05, 3.63) is 122 Å². The van der Waals surface area contributed by atoms with Gasteiger partial charge < -0.3 is 14.6 Å². The molecule has 2 saturated heterocycles. The van der Waals surface area contributed by atoms with Crippen molar-refractivity contribution in [1.29, 1.82) is 0 Å². The maximum atomic E-state index is 15.5. The summed E-state index contributed by atoms with van der Waals surface area (Å²) < 4.78 is 11.0. The molecule has 55 heavy (non-hydrogen) atoms. The number of carbonyl (C=O) groups is 4. The van der Waals surface area contributed by atoms with Crippen LogP contribution in [-0.2, 0) is 31.0 Å². The third-order valence-corrected chi connectivity index (χ3v) is 12.6. The molecular weight excluding hydrogens is 765 g/mol. The number of aromatic hydroxyl groups is 1. The molecule has 4 amide bonds. The third-order valence-electron chi connectivity index (χ3n) is 11.8. The van der Waals surface area contributed by atoms with Crippen molar-refractivity contribution in [2.24, 2.45) is 23.7 Å². The van der Waals surface area contributed by atoms with Crippen LogP contribution in [0.3, 0.4) is 0 Å². The van der Waals surface area contributed by atoms with Crippen molar-refractivity contribution in [1.82, 2.24) is 5.01 Å². The Morgan fingerprint density at radius 3 is 2.22 bits per heavy atom.